The molecule has 0 atom stereocenters. The summed E-state index contributed by atoms with van der Waals surface area (Å²) in [6, 6.07) is 0.398. The minimum atomic E-state index is 0.266. The lowest BCUT2D eigenvalue weighted by Crippen LogP contribution is -2.10. The summed E-state index contributed by atoms with van der Waals surface area (Å²) in [6.07, 6.45) is 2.24. The van der Waals surface area contributed by atoms with Crippen molar-refractivity contribution < 1.29 is 9.15 Å². The second-order valence-electron chi connectivity index (χ2n) is 3.10. The summed E-state index contributed by atoms with van der Waals surface area (Å²) in [4.78, 5) is 0. The Labute approximate surface area is 89.2 Å². The predicted octanol–water partition coefficient (Wildman–Crippen LogP) is 0.757. The van der Waals surface area contributed by atoms with Gasteiger partial charge in [-0.1, -0.05) is 18.4 Å². The lowest BCUT2D eigenvalue weighted by molar-refractivity contribution is 0.140. The lowest BCUT2D eigenvalue weighted by Gasteiger charge is -2.02. The highest BCUT2D eigenvalue weighted by atomic mass is 16.5. The molecule has 0 aliphatic carbocycles. The minimum Gasteiger partial charge on any atom is -0.407 e. The standard InChI is InChI=1S/C9H18N4O2/c1-2-3-5-14-6-4-11-9-13-12-8(7-10)15-9/h2-7,10H2,1H3,(H,11,13). The molecule has 3 N–H and O–H groups in total. The molecule has 1 heterocycles. The summed E-state index contributed by atoms with van der Waals surface area (Å²) in [5.74, 6) is 0.435. The van der Waals surface area contributed by atoms with Gasteiger partial charge in [-0.25, -0.2) is 0 Å². The monoisotopic (exact) mass is 214 g/mol. The molecule has 0 amide bonds. The minimum absolute atomic E-state index is 0.266. The third-order valence-corrected chi connectivity index (χ3v) is 1.81. The molecule has 0 fully saturated rings. The van der Waals surface area contributed by atoms with Crippen LogP contribution in [0.3, 0.4) is 0 Å². The van der Waals surface area contributed by atoms with Crippen LogP contribution in [0.4, 0.5) is 6.01 Å². The van der Waals surface area contributed by atoms with Crippen LogP contribution in [0.5, 0.6) is 0 Å². The van der Waals surface area contributed by atoms with Crippen LogP contribution >= 0.6 is 0 Å². The van der Waals surface area contributed by atoms with Gasteiger partial charge in [-0.05, 0) is 6.42 Å². The van der Waals surface area contributed by atoms with E-state index in [1.54, 1.807) is 0 Å². The Balaban J connectivity index is 2.04. The van der Waals surface area contributed by atoms with Crippen LogP contribution < -0.4 is 11.1 Å². The van der Waals surface area contributed by atoms with E-state index in [9.17, 15) is 0 Å². The molecule has 1 aromatic rings. The van der Waals surface area contributed by atoms with Gasteiger partial charge in [-0.2, -0.15) is 0 Å². The molecule has 0 bridgehead atoms. The van der Waals surface area contributed by atoms with E-state index in [1.807, 2.05) is 0 Å². The number of nitrogens with one attached hydrogen (secondary N) is 1. The Morgan fingerprint density at radius 2 is 2.27 bits per heavy atom. The first kappa shape index (κ1) is 11.9. The summed E-state index contributed by atoms with van der Waals surface area (Å²) in [7, 11) is 0. The first-order valence-electron chi connectivity index (χ1n) is 5.21. The van der Waals surface area contributed by atoms with Gasteiger partial charge in [0.1, 0.15) is 0 Å². The summed E-state index contributed by atoms with van der Waals surface area (Å²) >= 11 is 0. The number of anilines is 1. The van der Waals surface area contributed by atoms with Gasteiger partial charge in [0.15, 0.2) is 0 Å². The molecule has 1 aromatic heterocycles. The van der Waals surface area contributed by atoms with Gasteiger partial charge in [0.2, 0.25) is 5.89 Å². The maximum atomic E-state index is 5.35. The largest absolute Gasteiger partial charge is 0.407 e. The van der Waals surface area contributed by atoms with Crippen molar-refractivity contribution in [2.45, 2.75) is 26.3 Å². The van der Waals surface area contributed by atoms with Gasteiger partial charge in [0, 0.05) is 13.2 Å². The second kappa shape index (κ2) is 7.19. The Hall–Kier alpha value is -1.14. The molecule has 0 aliphatic rings. The van der Waals surface area contributed by atoms with Crippen LogP contribution in [0, 0.1) is 0 Å². The van der Waals surface area contributed by atoms with Crippen LogP contribution in [-0.2, 0) is 11.3 Å². The van der Waals surface area contributed by atoms with E-state index in [0.29, 0.717) is 25.1 Å². The van der Waals surface area contributed by atoms with Crippen LogP contribution in [0.25, 0.3) is 0 Å². The average Bonchev–Trinajstić information content (AvgIpc) is 2.71. The Kier molecular flexibility index (Phi) is 5.72. The van der Waals surface area contributed by atoms with Crippen molar-refractivity contribution >= 4 is 6.01 Å². The molecule has 0 radical (unpaired) electrons. The number of ether oxygens (including phenoxy) is 1. The summed E-state index contributed by atoms with van der Waals surface area (Å²) in [6.45, 7) is 4.50. The fourth-order valence-corrected chi connectivity index (χ4v) is 0.986. The maximum absolute atomic E-state index is 5.35. The van der Waals surface area contributed by atoms with E-state index < -0.39 is 0 Å². The fourth-order valence-electron chi connectivity index (χ4n) is 0.986. The topological polar surface area (TPSA) is 86.2 Å². The van der Waals surface area contributed by atoms with Crippen molar-refractivity contribution in [3.05, 3.63) is 5.89 Å². The second-order valence-corrected chi connectivity index (χ2v) is 3.10. The quantitative estimate of drug-likeness (QED) is 0.621. The summed E-state index contributed by atoms with van der Waals surface area (Å²) < 4.78 is 10.5. The molecule has 0 aromatic carbocycles. The average molecular weight is 214 g/mol. The normalized spacial score (nSPS) is 10.5. The molecule has 0 saturated heterocycles. The number of nitrogens with zero attached hydrogens (tertiary/aromatic N) is 2. The highest BCUT2D eigenvalue weighted by Gasteiger charge is 2.02. The number of nitrogens with two attached hydrogens (primary N) is 1. The number of unbranched alkanes of at least 4 members (excludes halogenated alkanes) is 1. The van der Waals surface area contributed by atoms with Crippen molar-refractivity contribution in [2.24, 2.45) is 5.73 Å². The number of hydrogen-bond acceptors (Lipinski definition) is 6. The van der Waals surface area contributed by atoms with E-state index in [0.717, 1.165) is 19.4 Å². The Morgan fingerprint density at radius 1 is 1.40 bits per heavy atom. The van der Waals surface area contributed by atoms with Gasteiger partial charge >= 0.3 is 6.01 Å². The molecule has 1 rings (SSSR count). The molecule has 0 aliphatic heterocycles. The van der Waals surface area contributed by atoms with Crippen molar-refractivity contribution in [1.29, 1.82) is 0 Å². The smallest absolute Gasteiger partial charge is 0.315 e. The lowest BCUT2D eigenvalue weighted by atomic mass is 10.4. The SMILES string of the molecule is CCCCOCCNc1nnc(CN)o1. The molecule has 6 heteroatoms. The molecule has 0 spiro atoms. The van der Waals surface area contributed by atoms with E-state index in [-0.39, 0.29) is 6.54 Å². The number of hydrogen-bond donors (Lipinski definition) is 2. The molecular formula is C9H18N4O2. The first-order valence-corrected chi connectivity index (χ1v) is 5.21. The van der Waals surface area contributed by atoms with Gasteiger partial charge in [-0.3, -0.25) is 0 Å². The molecule has 15 heavy (non-hydrogen) atoms. The maximum Gasteiger partial charge on any atom is 0.315 e. The summed E-state index contributed by atoms with van der Waals surface area (Å²) in [5, 5.41) is 10.4. The molecule has 0 saturated carbocycles. The predicted molar refractivity (Wildman–Crippen MR) is 56.4 cm³/mol. The zero-order valence-corrected chi connectivity index (χ0v) is 9.03. The third-order valence-electron chi connectivity index (χ3n) is 1.81. The molecule has 6 nitrogen and oxygen atoms in total. The fraction of sp³-hybridized carbons (Fsp3) is 0.778. The first-order chi connectivity index (χ1) is 7.36. The Bertz CT molecular complexity index is 264. The van der Waals surface area contributed by atoms with Gasteiger partial charge in [0.25, 0.3) is 0 Å². The van der Waals surface area contributed by atoms with E-state index in [1.165, 1.54) is 0 Å². The zero-order chi connectivity index (χ0) is 10.9. The highest BCUT2D eigenvalue weighted by Crippen LogP contribution is 2.03. The van der Waals surface area contributed by atoms with Crippen molar-refractivity contribution in [3.63, 3.8) is 0 Å². The molecule has 86 valence electrons. The van der Waals surface area contributed by atoms with E-state index in [4.69, 9.17) is 14.9 Å². The van der Waals surface area contributed by atoms with Crippen LogP contribution in [-0.4, -0.2) is 30.0 Å². The number of rotatable bonds is 8. The van der Waals surface area contributed by atoms with Crippen LogP contribution in [0.15, 0.2) is 4.42 Å². The Morgan fingerprint density at radius 3 is 2.93 bits per heavy atom. The highest BCUT2D eigenvalue weighted by molar-refractivity contribution is 5.16. The van der Waals surface area contributed by atoms with Crippen molar-refractivity contribution in [2.75, 3.05) is 25.1 Å². The van der Waals surface area contributed by atoms with E-state index >= 15 is 0 Å². The van der Waals surface area contributed by atoms with Gasteiger partial charge in [-0.15, -0.1) is 5.10 Å². The zero-order valence-electron chi connectivity index (χ0n) is 9.03. The third kappa shape index (κ3) is 4.75. The van der Waals surface area contributed by atoms with Crippen molar-refractivity contribution in [3.8, 4) is 0 Å². The van der Waals surface area contributed by atoms with Gasteiger partial charge < -0.3 is 20.2 Å². The molecule has 0 unspecified atom stereocenters. The van der Waals surface area contributed by atoms with Crippen LogP contribution in [0.1, 0.15) is 25.7 Å². The van der Waals surface area contributed by atoms with Crippen LogP contribution in [0.2, 0.25) is 0 Å². The molecular weight excluding hydrogens is 196 g/mol. The van der Waals surface area contributed by atoms with Gasteiger partial charge in [0.05, 0.1) is 13.2 Å². The van der Waals surface area contributed by atoms with Crippen molar-refractivity contribution in [1.82, 2.24) is 10.2 Å². The van der Waals surface area contributed by atoms with E-state index in [2.05, 4.69) is 22.4 Å². The number of aromatic nitrogens is 2. The summed E-state index contributed by atoms with van der Waals surface area (Å²) in [5.41, 5.74) is 5.32.